The molecule has 0 aliphatic carbocycles. The van der Waals surface area contributed by atoms with Crippen molar-refractivity contribution < 1.29 is 17.6 Å². The van der Waals surface area contributed by atoms with Crippen molar-refractivity contribution in [3.63, 3.8) is 0 Å². The van der Waals surface area contributed by atoms with Crippen molar-refractivity contribution in [2.75, 3.05) is 44.2 Å². The summed E-state index contributed by atoms with van der Waals surface area (Å²) in [5, 5.41) is 0. The summed E-state index contributed by atoms with van der Waals surface area (Å²) < 4.78 is 40.6. The van der Waals surface area contributed by atoms with E-state index in [0.717, 1.165) is 25.2 Å². The number of hydrogen-bond acceptors (Lipinski definition) is 4. The highest BCUT2D eigenvalue weighted by Gasteiger charge is 2.30. The molecule has 2 aliphatic heterocycles. The van der Waals surface area contributed by atoms with Gasteiger partial charge in [-0.25, -0.2) is 12.8 Å². The lowest BCUT2D eigenvalue weighted by Gasteiger charge is -2.35. The van der Waals surface area contributed by atoms with Gasteiger partial charge in [0, 0.05) is 50.5 Å². The molecule has 0 radical (unpaired) electrons. The normalized spacial score (nSPS) is 18.0. The first-order valence-electron chi connectivity index (χ1n) is 9.35. The smallest absolute Gasteiger partial charge is 0.253 e. The zero-order valence-electron chi connectivity index (χ0n) is 15.4. The Labute approximate surface area is 164 Å². The van der Waals surface area contributed by atoms with E-state index in [1.165, 1.54) is 28.6 Å². The highest BCUT2D eigenvalue weighted by Crippen LogP contribution is 2.23. The first-order chi connectivity index (χ1) is 13.4. The summed E-state index contributed by atoms with van der Waals surface area (Å²) >= 11 is 0. The summed E-state index contributed by atoms with van der Waals surface area (Å²) in [6, 6.07) is 12.5. The second-order valence-corrected chi connectivity index (χ2v) is 8.98. The van der Waals surface area contributed by atoms with Gasteiger partial charge in [0.25, 0.3) is 5.91 Å². The highest BCUT2D eigenvalue weighted by atomic mass is 32.2. The molecular weight excluding hydrogens is 381 g/mol. The minimum atomic E-state index is -3.67. The minimum Gasteiger partial charge on any atom is -0.369 e. The van der Waals surface area contributed by atoms with E-state index in [9.17, 15) is 17.6 Å². The largest absolute Gasteiger partial charge is 0.369 e. The molecule has 8 heteroatoms. The molecule has 1 amide bonds. The SMILES string of the molecule is O=C(c1cccc(S(=O)(=O)N2CCN(c3ccc(F)cc3)CC2)c1)N1CCC1. The van der Waals surface area contributed by atoms with E-state index in [4.69, 9.17) is 0 Å². The van der Waals surface area contributed by atoms with Gasteiger partial charge >= 0.3 is 0 Å². The fraction of sp³-hybridized carbons (Fsp3) is 0.350. The van der Waals surface area contributed by atoms with Crippen LogP contribution in [0.1, 0.15) is 16.8 Å². The van der Waals surface area contributed by atoms with Gasteiger partial charge in [-0.1, -0.05) is 6.07 Å². The lowest BCUT2D eigenvalue weighted by atomic mass is 10.1. The van der Waals surface area contributed by atoms with Gasteiger partial charge in [0.1, 0.15) is 5.82 Å². The lowest BCUT2D eigenvalue weighted by Crippen LogP contribution is -2.48. The van der Waals surface area contributed by atoms with E-state index in [-0.39, 0.29) is 16.6 Å². The third-order valence-corrected chi connectivity index (χ3v) is 7.19. The highest BCUT2D eigenvalue weighted by molar-refractivity contribution is 7.89. The van der Waals surface area contributed by atoms with Crippen LogP contribution >= 0.6 is 0 Å². The average molecular weight is 403 g/mol. The van der Waals surface area contributed by atoms with Gasteiger partial charge in [0.05, 0.1) is 4.90 Å². The monoisotopic (exact) mass is 403 g/mol. The Morgan fingerprint density at radius 1 is 0.893 bits per heavy atom. The molecular formula is C20H22FN3O3S. The van der Waals surface area contributed by atoms with E-state index in [2.05, 4.69) is 0 Å². The second kappa shape index (κ2) is 7.52. The Kier molecular flexibility index (Phi) is 5.07. The summed E-state index contributed by atoms with van der Waals surface area (Å²) in [6.07, 6.45) is 0.988. The van der Waals surface area contributed by atoms with Crippen LogP contribution in [0.15, 0.2) is 53.4 Å². The van der Waals surface area contributed by atoms with Gasteiger partial charge in [0.15, 0.2) is 0 Å². The van der Waals surface area contributed by atoms with E-state index in [1.807, 2.05) is 4.90 Å². The van der Waals surface area contributed by atoms with Crippen molar-refractivity contribution in [1.82, 2.24) is 9.21 Å². The number of amides is 1. The average Bonchev–Trinajstić information content (AvgIpc) is 2.67. The molecule has 148 valence electrons. The van der Waals surface area contributed by atoms with Crippen LogP contribution in [0.25, 0.3) is 0 Å². The van der Waals surface area contributed by atoms with Crippen LogP contribution in [-0.4, -0.2) is 62.8 Å². The summed E-state index contributed by atoms with van der Waals surface area (Å²) in [5.74, 6) is -0.415. The predicted octanol–water partition coefficient (Wildman–Crippen LogP) is 2.18. The van der Waals surface area contributed by atoms with Crippen LogP contribution in [0.5, 0.6) is 0 Å². The van der Waals surface area contributed by atoms with Crippen molar-refractivity contribution in [2.45, 2.75) is 11.3 Å². The first kappa shape index (κ1) is 18.9. The maximum absolute atomic E-state index is 13.1. The topological polar surface area (TPSA) is 60.9 Å². The van der Waals surface area contributed by atoms with Crippen LogP contribution in [0, 0.1) is 5.82 Å². The molecule has 0 bridgehead atoms. The number of sulfonamides is 1. The zero-order valence-corrected chi connectivity index (χ0v) is 16.2. The molecule has 2 aliphatic rings. The van der Waals surface area contributed by atoms with Crippen LogP contribution in [0.4, 0.5) is 10.1 Å². The van der Waals surface area contributed by atoms with Crippen molar-refractivity contribution >= 4 is 21.6 Å². The number of carbonyl (C=O) groups excluding carboxylic acids is 1. The number of anilines is 1. The number of benzene rings is 2. The molecule has 0 aromatic heterocycles. The number of halogens is 1. The standard InChI is InChI=1S/C20H22FN3O3S/c21-17-5-7-18(8-6-17)22-11-13-24(14-12-22)28(26,27)19-4-1-3-16(15-19)20(25)23-9-2-10-23/h1,3-8,15H,2,9-14H2. The van der Waals surface area contributed by atoms with Gasteiger partial charge < -0.3 is 9.80 Å². The van der Waals surface area contributed by atoms with Crippen molar-refractivity contribution in [3.8, 4) is 0 Å². The van der Waals surface area contributed by atoms with Gasteiger partial charge in [0.2, 0.25) is 10.0 Å². The maximum atomic E-state index is 13.1. The van der Waals surface area contributed by atoms with E-state index >= 15 is 0 Å². The van der Waals surface area contributed by atoms with Gasteiger partial charge in [-0.3, -0.25) is 4.79 Å². The van der Waals surface area contributed by atoms with Crippen molar-refractivity contribution in [2.24, 2.45) is 0 Å². The lowest BCUT2D eigenvalue weighted by molar-refractivity contribution is 0.0651. The molecule has 6 nitrogen and oxygen atoms in total. The van der Waals surface area contributed by atoms with Crippen LogP contribution < -0.4 is 4.90 Å². The van der Waals surface area contributed by atoms with Crippen LogP contribution in [-0.2, 0) is 10.0 Å². The van der Waals surface area contributed by atoms with Crippen LogP contribution in [0.2, 0.25) is 0 Å². The van der Waals surface area contributed by atoms with Crippen molar-refractivity contribution in [1.29, 1.82) is 0 Å². The van der Waals surface area contributed by atoms with Gasteiger partial charge in [-0.15, -0.1) is 0 Å². The molecule has 2 fully saturated rings. The Morgan fingerprint density at radius 3 is 2.18 bits per heavy atom. The summed E-state index contributed by atoms with van der Waals surface area (Å²) in [6.45, 7) is 3.17. The Hall–Kier alpha value is -2.45. The van der Waals surface area contributed by atoms with E-state index in [0.29, 0.717) is 31.7 Å². The van der Waals surface area contributed by atoms with Gasteiger partial charge in [-0.05, 0) is 48.9 Å². The molecule has 4 rings (SSSR count). The predicted molar refractivity (Wildman–Crippen MR) is 104 cm³/mol. The quantitative estimate of drug-likeness (QED) is 0.785. The number of nitrogens with zero attached hydrogens (tertiary/aromatic N) is 3. The molecule has 0 N–H and O–H groups in total. The molecule has 0 saturated carbocycles. The number of rotatable bonds is 4. The van der Waals surface area contributed by atoms with E-state index < -0.39 is 10.0 Å². The third-order valence-electron chi connectivity index (χ3n) is 5.29. The Balaban J connectivity index is 1.47. The van der Waals surface area contributed by atoms with Crippen LogP contribution in [0.3, 0.4) is 0 Å². The Morgan fingerprint density at radius 2 is 1.57 bits per heavy atom. The minimum absolute atomic E-state index is 0.121. The maximum Gasteiger partial charge on any atom is 0.253 e. The Bertz CT molecular complexity index is 966. The second-order valence-electron chi connectivity index (χ2n) is 7.04. The molecule has 2 heterocycles. The summed E-state index contributed by atoms with van der Waals surface area (Å²) in [5.41, 5.74) is 1.28. The molecule has 2 aromatic rings. The summed E-state index contributed by atoms with van der Waals surface area (Å²) in [7, 11) is -3.67. The fourth-order valence-electron chi connectivity index (χ4n) is 3.48. The summed E-state index contributed by atoms with van der Waals surface area (Å²) in [4.78, 5) is 16.3. The van der Waals surface area contributed by atoms with Gasteiger partial charge in [-0.2, -0.15) is 4.31 Å². The fourth-order valence-corrected chi connectivity index (χ4v) is 4.95. The zero-order chi connectivity index (χ0) is 19.7. The van der Waals surface area contributed by atoms with Crippen molar-refractivity contribution in [3.05, 3.63) is 59.9 Å². The third kappa shape index (κ3) is 3.62. The molecule has 0 unspecified atom stereocenters. The number of likely N-dealkylation sites (tertiary alicyclic amines) is 1. The number of piperazine rings is 1. The molecule has 2 saturated heterocycles. The number of hydrogen-bond donors (Lipinski definition) is 0. The first-order valence-corrected chi connectivity index (χ1v) is 10.8. The molecule has 2 aromatic carbocycles. The molecule has 28 heavy (non-hydrogen) atoms. The van der Waals surface area contributed by atoms with E-state index in [1.54, 1.807) is 29.2 Å². The molecule has 0 spiro atoms. The number of carbonyl (C=O) groups is 1. The molecule has 0 atom stereocenters.